The molecule has 1 aliphatic rings. The van der Waals surface area contributed by atoms with E-state index in [1.807, 2.05) is 6.92 Å². The van der Waals surface area contributed by atoms with Gasteiger partial charge in [-0.2, -0.15) is 0 Å². The van der Waals surface area contributed by atoms with E-state index < -0.39 is 0 Å². The number of piperidine rings is 1. The number of nitrogens with one attached hydrogen (secondary N) is 2. The third-order valence-corrected chi connectivity index (χ3v) is 3.00. The Labute approximate surface area is 92.0 Å². The first-order valence-corrected chi connectivity index (χ1v) is 5.47. The summed E-state index contributed by atoms with van der Waals surface area (Å²) in [6.45, 7) is 6.95. The number of carbonyl (C=O) groups excluding carboxylic acids is 1. The monoisotopic (exact) mass is 208 g/mol. The lowest BCUT2D eigenvalue weighted by atomic mass is 9.77. The van der Waals surface area contributed by atoms with Crippen molar-refractivity contribution in [1.29, 1.82) is 0 Å². The van der Waals surface area contributed by atoms with Crippen LogP contribution in [0, 0.1) is 17.8 Å². The van der Waals surface area contributed by atoms with E-state index >= 15 is 0 Å². The maximum Gasteiger partial charge on any atom is 0.238 e. The van der Waals surface area contributed by atoms with Crippen LogP contribution in [0.3, 0.4) is 0 Å². The first-order chi connectivity index (χ1) is 6.97. The van der Waals surface area contributed by atoms with E-state index in [0.29, 0.717) is 0 Å². The SMILES string of the molecule is C#CC(C)NC(=O)C1NCCCC1(C)C. The molecule has 2 N–H and O–H groups in total. The fraction of sp³-hybridized carbons (Fsp3) is 0.750. The van der Waals surface area contributed by atoms with E-state index in [0.717, 1.165) is 19.4 Å². The number of terminal acetylenes is 1. The van der Waals surface area contributed by atoms with Crippen molar-refractivity contribution in [2.24, 2.45) is 5.41 Å². The second-order valence-electron chi connectivity index (χ2n) is 4.88. The Kier molecular flexibility index (Phi) is 3.76. The molecule has 3 nitrogen and oxygen atoms in total. The van der Waals surface area contributed by atoms with Gasteiger partial charge in [0.1, 0.15) is 0 Å². The summed E-state index contributed by atoms with van der Waals surface area (Å²) in [5, 5.41) is 6.08. The summed E-state index contributed by atoms with van der Waals surface area (Å²) >= 11 is 0. The zero-order valence-corrected chi connectivity index (χ0v) is 9.76. The van der Waals surface area contributed by atoms with E-state index in [1.165, 1.54) is 0 Å². The molecule has 15 heavy (non-hydrogen) atoms. The summed E-state index contributed by atoms with van der Waals surface area (Å²) in [6, 6.07) is -0.320. The molecule has 0 aromatic carbocycles. The molecule has 2 unspecified atom stereocenters. The summed E-state index contributed by atoms with van der Waals surface area (Å²) < 4.78 is 0. The van der Waals surface area contributed by atoms with Crippen LogP contribution in [0.15, 0.2) is 0 Å². The van der Waals surface area contributed by atoms with Gasteiger partial charge in [-0.15, -0.1) is 6.42 Å². The van der Waals surface area contributed by atoms with Crippen LogP contribution in [0.1, 0.15) is 33.6 Å². The second kappa shape index (κ2) is 4.67. The van der Waals surface area contributed by atoms with Crippen LogP contribution < -0.4 is 10.6 Å². The molecule has 0 bridgehead atoms. The van der Waals surface area contributed by atoms with Crippen molar-refractivity contribution < 1.29 is 4.79 Å². The van der Waals surface area contributed by atoms with E-state index in [1.54, 1.807) is 0 Å². The smallest absolute Gasteiger partial charge is 0.238 e. The molecule has 1 heterocycles. The standard InChI is InChI=1S/C12H20N2O/c1-5-9(2)14-11(15)10-12(3,4)7-6-8-13-10/h1,9-10,13H,6-8H2,2-4H3,(H,14,15). The zero-order chi connectivity index (χ0) is 11.5. The molecular weight excluding hydrogens is 188 g/mol. The molecule has 0 spiro atoms. The summed E-state index contributed by atoms with van der Waals surface area (Å²) in [5.74, 6) is 2.52. The molecule has 0 aliphatic carbocycles. The summed E-state index contributed by atoms with van der Waals surface area (Å²) in [4.78, 5) is 11.9. The van der Waals surface area contributed by atoms with Gasteiger partial charge in [0, 0.05) is 0 Å². The Hall–Kier alpha value is -1.01. The van der Waals surface area contributed by atoms with Gasteiger partial charge in [-0.1, -0.05) is 19.8 Å². The van der Waals surface area contributed by atoms with Gasteiger partial charge in [0.25, 0.3) is 0 Å². The summed E-state index contributed by atoms with van der Waals surface area (Å²) in [7, 11) is 0. The highest BCUT2D eigenvalue weighted by atomic mass is 16.2. The Bertz CT molecular complexity index is 278. The van der Waals surface area contributed by atoms with E-state index in [2.05, 4.69) is 30.4 Å². The average molecular weight is 208 g/mol. The van der Waals surface area contributed by atoms with Crippen molar-refractivity contribution >= 4 is 5.91 Å². The Morgan fingerprint density at radius 2 is 2.33 bits per heavy atom. The minimum absolute atomic E-state index is 0.0106. The first kappa shape index (κ1) is 12.1. The van der Waals surface area contributed by atoms with Gasteiger partial charge in [0.15, 0.2) is 0 Å². The van der Waals surface area contributed by atoms with Crippen molar-refractivity contribution in [3.8, 4) is 12.3 Å². The van der Waals surface area contributed by atoms with Crippen LogP contribution in [0.25, 0.3) is 0 Å². The lowest BCUT2D eigenvalue weighted by molar-refractivity contribution is -0.127. The quantitative estimate of drug-likeness (QED) is 0.662. The highest BCUT2D eigenvalue weighted by Gasteiger charge is 2.37. The highest BCUT2D eigenvalue weighted by molar-refractivity contribution is 5.83. The predicted molar refractivity (Wildman–Crippen MR) is 61.2 cm³/mol. The predicted octanol–water partition coefficient (Wildman–Crippen LogP) is 0.902. The van der Waals surface area contributed by atoms with Crippen LogP contribution in [-0.4, -0.2) is 24.5 Å². The molecule has 0 aromatic rings. The first-order valence-electron chi connectivity index (χ1n) is 5.47. The van der Waals surface area contributed by atoms with Gasteiger partial charge in [0.05, 0.1) is 12.1 Å². The van der Waals surface area contributed by atoms with Crippen molar-refractivity contribution in [1.82, 2.24) is 10.6 Å². The second-order valence-corrected chi connectivity index (χ2v) is 4.88. The van der Waals surface area contributed by atoms with E-state index in [4.69, 9.17) is 6.42 Å². The van der Waals surface area contributed by atoms with Gasteiger partial charge in [-0.25, -0.2) is 0 Å². The van der Waals surface area contributed by atoms with E-state index in [9.17, 15) is 4.79 Å². The molecule has 1 rings (SSSR count). The third-order valence-electron chi connectivity index (χ3n) is 3.00. The molecule has 1 aliphatic heterocycles. The molecule has 84 valence electrons. The Morgan fingerprint density at radius 3 is 2.87 bits per heavy atom. The van der Waals surface area contributed by atoms with Crippen molar-refractivity contribution in [2.45, 2.75) is 45.7 Å². The summed E-state index contributed by atoms with van der Waals surface area (Å²) in [5.41, 5.74) is 0.0106. The number of carbonyl (C=O) groups is 1. The molecule has 2 atom stereocenters. The fourth-order valence-electron chi connectivity index (χ4n) is 2.00. The van der Waals surface area contributed by atoms with Crippen LogP contribution >= 0.6 is 0 Å². The van der Waals surface area contributed by atoms with Crippen LogP contribution in [0.2, 0.25) is 0 Å². The van der Waals surface area contributed by atoms with Crippen LogP contribution in [-0.2, 0) is 4.79 Å². The summed E-state index contributed by atoms with van der Waals surface area (Å²) in [6.07, 6.45) is 7.43. The van der Waals surface area contributed by atoms with Gasteiger partial charge >= 0.3 is 0 Å². The van der Waals surface area contributed by atoms with Crippen LogP contribution in [0.4, 0.5) is 0 Å². The molecule has 3 heteroatoms. The molecule has 0 radical (unpaired) electrons. The highest BCUT2D eigenvalue weighted by Crippen LogP contribution is 2.30. The largest absolute Gasteiger partial charge is 0.341 e. The third kappa shape index (κ3) is 2.97. The van der Waals surface area contributed by atoms with Gasteiger partial charge < -0.3 is 10.6 Å². The number of amides is 1. The maximum absolute atomic E-state index is 11.9. The average Bonchev–Trinajstić information content (AvgIpc) is 2.16. The lowest BCUT2D eigenvalue weighted by Gasteiger charge is -2.38. The van der Waals surface area contributed by atoms with Gasteiger partial charge in [-0.3, -0.25) is 4.79 Å². The molecule has 0 saturated carbocycles. The molecular formula is C12H20N2O. The van der Waals surface area contributed by atoms with Crippen molar-refractivity contribution in [2.75, 3.05) is 6.54 Å². The van der Waals surface area contributed by atoms with Gasteiger partial charge in [-0.05, 0) is 31.7 Å². The Morgan fingerprint density at radius 1 is 1.67 bits per heavy atom. The number of rotatable bonds is 2. The number of hydrogen-bond acceptors (Lipinski definition) is 2. The van der Waals surface area contributed by atoms with Crippen LogP contribution in [0.5, 0.6) is 0 Å². The minimum Gasteiger partial charge on any atom is -0.341 e. The fourth-order valence-corrected chi connectivity index (χ4v) is 2.00. The van der Waals surface area contributed by atoms with E-state index in [-0.39, 0.29) is 23.4 Å². The normalized spacial score (nSPS) is 26.4. The van der Waals surface area contributed by atoms with Crippen molar-refractivity contribution in [3.63, 3.8) is 0 Å². The van der Waals surface area contributed by atoms with Crippen molar-refractivity contribution in [3.05, 3.63) is 0 Å². The lowest BCUT2D eigenvalue weighted by Crippen LogP contribution is -2.56. The zero-order valence-electron chi connectivity index (χ0n) is 9.76. The topological polar surface area (TPSA) is 41.1 Å². The number of hydrogen-bond donors (Lipinski definition) is 2. The molecule has 1 amide bonds. The maximum atomic E-state index is 11.9. The molecule has 0 aromatic heterocycles. The van der Waals surface area contributed by atoms with Gasteiger partial charge in [0.2, 0.25) is 5.91 Å². The minimum atomic E-state index is -0.197. The molecule has 1 fully saturated rings. The Balaban J connectivity index is 2.62. The molecule has 1 saturated heterocycles.